The molecule has 1 aromatic carbocycles. The lowest BCUT2D eigenvalue weighted by Crippen LogP contribution is -2.09. The highest BCUT2D eigenvalue weighted by Gasteiger charge is 2.08. The number of ether oxygens (including phenoxy) is 1. The molecule has 17 heavy (non-hydrogen) atoms. The Balaban J connectivity index is 1.99. The third kappa shape index (κ3) is 3.06. The van der Waals surface area contributed by atoms with E-state index >= 15 is 0 Å². The fourth-order valence-electron chi connectivity index (χ4n) is 1.71. The molecule has 0 fully saturated rings. The molecular weight excluding hydrogens is 216 g/mol. The predicted octanol–water partition coefficient (Wildman–Crippen LogP) is 2.47. The number of amidine groups is 1. The molecule has 0 saturated heterocycles. The van der Waals surface area contributed by atoms with Gasteiger partial charge in [0.25, 0.3) is 0 Å². The quantitative estimate of drug-likeness (QED) is 0.814. The lowest BCUT2D eigenvalue weighted by Gasteiger charge is -2.06. The summed E-state index contributed by atoms with van der Waals surface area (Å²) < 4.78 is 4.92. The summed E-state index contributed by atoms with van der Waals surface area (Å²) in [6, 6.07) is 7.26. The van der Waals surface area contributed by atoms with Gasteiger partial charge in [0, 0.05) is 18.7 Å². The molecular formula is C13H16N2O2. The standard InChI is InChI=1S/C13H16N2O2/c1-2-17-13(16)10-5-7-11(8-6-10)15-12-4-3-9-14-12/h5-8H,2-4,9H2,1H3,(H,14,15). The maximum atomic E-state index is 11.4. The lowest BCUT2D eigenvalue weighted by atomic mass is 10.2. The highest BCUT2D eigenvalue weighted by atomic mass is 16.5. The molecule has 0 aromatic heterocycles. The van der Waals surface area contributed by atoms with Crippen molar-refractivity contribution in [1.29, 1.82) is 0 Å². The van der Waals surface area contributed by atoms with Crippen molar-refractivity contribution in [3.05, 3.63) is 29.8 Å². The van der Waals surface area contributed by atoms with Crippen molar-refractivity contribution in [2.75, 3.05) is 18.5 Å². The van der Waals surface area contributed by atoms with Gasteiger partial charge in [-0.05, 0) is 37.6 Å². The van der Waals surface area contributed by atoms with Crippen molar-refractivity contribution < 1.29 is 9.53 Å². The van der Waals surface area contributed by atoms with Gasteiger partial charge in [0.15, 0.2) is 0 Å². The molecule has 0 amide bonds. The van der Waals surface area contributed by atoms with Crippen molar-refractivity contribution in [2.45, 2.75) is 19.8 Å². The monoisotopic (exact) mass is 232 g/mol. The van der Waals surface area contributed by atoms with Gasteiger partial charge in [-0.3, -0.25) is 4.99 Å². The van der Waals surface area contributed by atoms with E-state index in [2.05, 4.69) is 10.3 Å². The zero-order chi connectivity index (χ0) is 12.1. The first kappa shape index (κ1) is 11.6. The number of rotatable bonds is 3. The minimum Gasteiger partial charge on any atom is -0.462 e. The molecule has 4 heteroatoms. The van der Waals surface area contributed by atoms with Crippen LogP contribution in [-0.4, -0.2) is 25.0 Å². The van der Waals surface area contributed by atoms with Gasteiger partial charge < -0.3 is 10.1 Å². The average Bonchev–Trinajstić information content (AvgIpc) is 2.83. The number of nitrogens with zero attached hydrogens (tertiary/aromatic N) is 1. The van der Waals surface area contributed by atoms with E-state index in [0.717, 1.165) is 30.9 Å². The zero-order valence-electron chi connectivity index (χ0n) is 9.90. The minimum atomic E-state index is -0.280. The number of nitrogens with one attached hydrogen (secondary N) is 1. The third-order valence-corrected chi connectivity index (χ3v) is 2.56. The van der Waals surface area contributed by atoms with Crippen LogP contribution in [0.15, 0.2) is 29.3 Å². The van der Waals surface area contributed by atoms with E-state index in [0.29, 0.717) is 12.2 Å². The van der Waals surface area contributed by atoms with Crippen LogP contribution in [0.2, 0.25) is 0 Å². The molecule has 0 unspecified atom stereocenters. The van der Waals surface area contributed by atoms with Gasteiger partial charge in [-0.15, -0.1) is 0 Å². The first-order chi connectivity index (χ1) is 8.29. The highest BCUT2D eigenvalue weighted by Crippen LogP contribution is 2.13. The van der Waals surface area contributed by atoms with Crippen molar-refractivity contribution in [3.63, 3.8) is 0 Å². The van der Waals surface area contributed by atoms with E-state index < -0.39 is 0 Å². The molecule has 4 nitrogen and oxygen atoms in total. The molecule has 1 aliphatic heterocycles. The summed E-state index contributed by atoms with van der Waals surface area (Å²) in [7, 11) is 0. The van der Waals surface area contributed by atoms with E-state index in [-0.39, 0.29) is 5.97 Å². The van der Waals surface area contributed by atoms with Gasteiger partial charge in [0.1, 0.15) is 5.84 Å². The molecule has 1 N–H and O–H groups in total. The van der Waals surface area contributed by atoms with Gasteiger partial charge in [-0.1, -0.05) is 0 Å². The first-order valence-corrected chi connectivity index (χ1v) is 5.87. The van der Waals surface area contributed by atoms with E-state index in [1.54, 1.807) is 19.1 Å². The molecule has 1 heterocycles. The van der Waals surface area contributed by atoms with Crippen LogP contribution in [0.1, 0.15) is 30.1 Å². The van der Waals surface area contributed by atoms with E-state index in [9.17, 15) is 4.79 Å². The Bertz CT molecular complexity index is 424. The second kappa shape index (κ2) is 5.48. The Kier molecular flexibility index (Phi) is 3.75. The molecule has 0 atom stereocenters. The van der Waals surface area contributed by atoms with Crippen molar-refractivity contribution in [2.24, 2.45) is 4.99 Å². The Morgan fingerprint density at radius 2 is 2.18 bits per heavy atom. The number of benzene rings is 1. The topological polar surface area (TPSA) is 50.7 Å². The smallest absolute Gasteiger partial charge is 0.338 e. The second-order valence-corrected chi connectivity index (χ2v) is 3.85. The molecule has 90 valence electrons. The molecule has 0 radical (unpaired) electrons. The zero-order valence-corrected chi connectivity index (χ0v) is 9.90. The Hall–Kier alpha value is -1.84. The summed E-state index contributed by atoms with van der Waals surface area (Å²) in [5.41, 5.74) is 1.53. The average molecular weight is 232 g/mol. The van der Waals surface area contributed by atoms with Crippen LogP contribution in [0, 0.1) is 0 Å². The highest BCUT2D eigenvalue weighted by molar-refractivity contribution is 5.97. The number of carbonyl (C=O) groups is 1. The van der Waals surface area contributed by atoms with Crippen molar-refractivity contribution in [3.8, 4) is 0 Å². The molecule has 2 rings (SSSR count). The van der Waals surface area contributed by atoms with Gasteiger partial charge in [-0.25, -0.2) is 4.79 Å². The van der Waals surface area contributed by atoms with E-state index in [4.69, 9.17) is 4.74 Å². The van der Waals surface area contributed by atoms with E-state index in [1.807, 2.05) is 12.1 Å². The largest absolute Gasteiger partial charge is 0.462 e. The van der Waals surface area contributed by atoms with Crippen LogP contribution >= 0.6 is 0 Å². The van der Waals surface area contributed by atoms with Crippen LogP contribution in [0.25, 0.3) is 0 Å². The van der Waals surface area contributed by atoms with Crippen LogP contribution in [0.5, 0.6) is 0 Å². The van der Waals surface area contributed by atoms with Crippen LogP contribution in [0.4, 0.5) is 5.69 Å². The molecule has 1 aromatic rings. The lowest BCUT2D eigenvalue weighted by molar-refractivity contribution is 0.0526. The number of hydrogen-bond donors (Lipinski definition) is 1. The summed E-state index contributed by atoms with van der Waals surface area (Å²) in [6.45, 7) is 3.10. The second-order valence-electron chi connectivity index (χ2n) is 3.85. The normalized spacial score (nSPS) is 14.3. The summed E-state index contributed by atoms with van der Waals surface area (Å²) in [6.07, 6.45) is 2.11. The predicted molar refractivity (Wildman–Crippen MR) is 67.6 cm³/mol. The minimum absolute atomic E-state index is 0.280. The van der Waals surface area contributed by atoms with Crippen LogP contribution in [-0.2, 0) is 4.74 Å². The SMILES string of the molecule is CCOC(=O)c1ccc(NC2=NCCC2)cc1. The summed E-state index contributed by atoms with van der Waals surface area (Å²) >= 11 is 0. The van der Waals surface area contributed by atoms with Crippen molar-refractivity contribution in [1.82, 2.24) is 0 Å². The number of aliphatic imine (C=N–C) groups is 1. The molecule has 1 aliphatic rings. The van der Waals surface area contributed by atoms with E-state index in [1.165, 1.54) is 0 Å². The van der Waals surface area contributed by atoms with Crippen LogP contribution < -0.4 is 5.32 Å². The number of anilines is 1. The Morgan fingerprint density at radius 1 is 1.41 bits per heavy atom. The molecule has 0 aliphatic carbocycles. The van der Waals surface area contributed by atoms with Gasteiger partial charge in [0.2, 0.25) is 0 Å². The number of carbonyl (C=O) groups excluding carboxylic acids is 1. The maximum absolute atomic E-state index is 11.4. The van der Waals surface area contributed by atoms with Crippen LogP contribution in [0.3, 0.4) is 0 Å². The molecule has 0 saturated carbocycles. The Labute approximate surface area is 101 Å². The van der Waals surface area contributed by atoms with Gasteiger partial charge in [-0.2, -0.15) is 0 Å². The fraction of sp³-hybridized carbons (Fsp3) is 0.385. The third-order valence-electron chi connectivity index (χ3n) is 2.56. The number of esters is 1. The summed E-state index contributed by atoms with van der Waals surface area (Å²) in [5, 5.41) is 3.24. The Morgan fingerprint density at radius 3 is 2.76 bits per heavy atom. The van der Waals surface area contributed by atoms with Crippen molar-refractivity contribution >= 4 is 17.5 Å². The van der Waals surface area contributed by atoms with Gasteiger partial charge in [0.05, 0.1) is 12.2 Å². The first-order valence-electron chi connectivity index (χ1n) is 5.87. The van der Waals surface area contributed by atoms with Gasteiger partial charge >= 0.3 is 5.97 Å². The fourth-order valence-corrected chi connectivity index (χ4v) is 1.71. The number of hydrogen-bond acceptors (Lipinski definition) is 4. The molecule has 0 bridgehead atoms. The summed E-state index contributed by atoms with van der Waals surface area (Å²) in [5.74, 6) is 0.742. The molecule has 0 spiro atoms. The maximum Gasteiger partial charge on any atom is 0.338 e. The summed E-state index contributed by atoms with van der Waals surface area (Å²) in [4.78, 5) is 15.8.